The molecule has 2 aromatic carbocycles. The van der Waals surface area contributed by atoms with Gasteiger partial charge in [-0.05, 0) is 36.4 Å². The molecule has 0 atom stereocenters. The van der Waals surface area contributed by atoms with E-state index in [1.165, 1.54) is 23.5 Å². The monoisotopic (exact) mass is 242 g/mol. The van der Waals surface area contributed by atoms with Gasteiger partial charge in [0.15, 0.2) is 5.75 Å². The molecule has 0 unspecified atom stereocenters. The van der Waals surface area contributed by atoms with Gasteiger partial charge in [0.1, 0.15) is 5.75 Å². The molecule has 0 aliphatic rings. The van der Waals surface area contributed by atoms with Crippen molar-refractivity contribution in [2.24, 2.45) is 0 Å². The topological polar surface area (TPSA) is 42.0 Å². The molecule has 17 heavy (non-hydrogen) atoms. The number of para-hydroxylation sites is 1. The maximum atomic E-state index is 10.9. The molecule has 83 valence electrons. The van der Waals surface area contributed by atoms with Crippen LogP contribution in [-0.4, -0.2) is 4.98 Å². The fourth-order valence-corrected chi connectivity index (χ4v) is 2.34. The van der Waals surface area contributed by atoms with E-state index >= 15 is 0 Å². The SMILES string of the molecule is [O]c1ccc(Oc2nc3ccccc3s2)cc1. The van der Waals surface area contributed by atoms with Crippen LogP contribution in [0.4, 0.5) is 0 Å². The van der Waals surface area contributed by atoms with E-state index < -0.39 is 0 Å². The van der Waals surface area contributed by atoms with E-state index in [9.17, 15) is 5.11 Å². The van der Waals surface area contributed by atoms with Crippen molar-refractivity contribution in [3.63, 3.8) is 0 Å². The van der Waals surface area contributed by atoms with Gasteiger partial charge in [-0.15, -0.1) is 0 Å². The van der Waals surface area contributed by atoms with Crippen LogP contribution in [0.15, 0.2) is 48.5 Å². The van der Waals surface area contributed by atoms with E-state index in [-0.39, 0.29) is 5.75 Å². The Balaban J connectivity index is 1.92. The van der Waals surface area contributed by atoms with Crippen LogP contribution < -0.4 is 4.74 Å². The number of ether oxygens (including phenoxy) is 1. The number of hydrogen-bond acceptors (Lipinski definition) is 3. The summed E-state index contributed by atoms with van der Waals surface area (Å²) in [5.74, 6) is 0.602. The van der Waals surface area contributed by atoms with Gasteiger partial charge >= 0.3 is 0 Å². The minimum Gasteiger partial charge on any atom is -0.431 e. The highest BCUT2D eigenvalue weighted by atomic mass is 32.1. The quantitative estimate of drug-likeness (QED) is 0.674. The van der Waals surface area contributed by atoms with Crippen LogP contribution in [0, 0.1) is 0 Å². The molecule has 3 nitrogen and oxygen atoms in total. The van der Waals surface area contributed by atoms with E-state index in [4.69, 9.17) is 4.74 Å². The molecule has 1 aromatic heterocycles. The smallest absolute Gasteiger partial charge is 0.279 e. The second-order valence-electron chi connectivity index (χ2n) is 3.52. The number of hydrogen-bond donors (Lipinski definition) is 0. The Hall–Kier alpha value is -2.07. The lowest BCUT2D eigenvalue weighted by atomic mass is 10.3. The average Bonchev–Trinajstić information content (AvgIpc) is 2.74. The van der Waals surface area contributed by atoms with E-state index in [2.05, 4.69) is 4.98 Å². The number of aromatic nitrogens is 1. The van der Waals surface area contributed by atoms with E-state index in [0.717, 1.165) is 10.2 Å². The lowest BCUT2D eigenvalue weighted by molar-refractivity contribution is 0.354. The zero-order chi connectivity index (χ0) is 11.7. The summed E-state index contributed by atoms with van der Waals surface area (Å²) in [6.07, 6.45) is 0. The molecule has 0 aliphatic carbocycles. The lowest BCUT2D eigenvalue weighted by Gasteiger charge is -1.99. The molecule has 0 aliphatic heterocycles. The third kappa shape index (κ3) is 2.07. The first-order chi connectivity index (χ1) is 8.31. The predicted octanol–water partition coefficient (Wildman–Crippen LogP) is 4.23. The molecule has 0 bridgehead atoms. The van der Waals surface area contributed by atoms with Gasteiger partial charge in [-0.1, -0.05) is 23.5 Å². The van der Waals surface area contributed by atoms with Gasteiger partial charge in [0.25, 0.3) is 5.19 Å². The average molecular weight is 242 g/mol. The minimum atomic E-state index is -0.0263. The third-order valence-electron chi connectivity index (χ3n) is 2.30. The van der Waals surface area contributed by atoms with Crippen LogP contribution >= 0.6 is 11.3 Å². The Morgan fingerprint density at radius 2 is 1.76 bits per heavy atom. The fourth-order valence-electron chi connectivity index (χ4n) is 1.50. The molecule has 0 fully saturated rings. The first kappa shape index (κ1) is 10.1. The summed E-state index contributed by atoms with van der Waals surface area (Å²) < 4.78 is 6.67. The van der Waals surface area contributed by atoms with Crippen LogP contribution in [0.25, 0.3) is 10.2 Å². The maximum absolute atomic E-state index is 10.9. The van der Waals surface area contributed by atoms with Crippen molar-refractivity contribution in [2.45, 2.75) is 0 Å². The number of nitrogens with zero attached hydrogens (tertiary/aromatic N) is 1. The third-order valence-corrected chi connectivity index (χ3v) is 3.22. The van der Waals surface area contributed by atoms with E-state index in [0.29, 0.717) is 10.9 Å². The van der Waals surface area contributed by atoms with Crippen molar-refractivity contribution in [2.75, 3.05) is 0 Å². The van der Waals surface area contributed by atoms with Crippen molar-refractivity contribution in [1.29, 1.82) is 0 Å². The van der Waals surface area contributed by atoms with E-state index in [1.807, 2.05) is 24.3 Å². The maximum Gasteiger partial charge on any atom is 0.279 e. The molecule has 3 rings (SSSR count). The highest BCUT2D eigenvalue weighted by molar-refractivity contribution is 7.20. The van der Waals surface area contributed by atoms with Crippen LogP contribution in [0.1, 0.15) is 0 Å². The molecule has 0 saturated carbocycles. The number of thiazole rings is 1. The van der Waals surface area contributed by atoms with Crippen LogP contribution in [0.5, 0.6) is 16.7 Å². The van der Waals surface area contributed by atoms with Gasteiger partial charge in [0, 0.05) is 0 Å². The second kappa shape index (κ2) is 4.07. The molecular formula is C13H8NO2S. The lowest BCUT2D eigenvalue weighted by Crippen LogP contribution is -1.81. The second-order valence-corrected chi connectivity index (χ2v) is 4.51. The van der Waals surface area contributed by atoms with Crippen molar-refractivity contribution in [3.05, 3.63) is 48.5 Å². The number of rotatable bonds is 2. The van der Waals surface area contributed by atoms with Gasteiger partial charge in [0.05, 0.1) is 10.2 Å². The van der Waals surface area contributed by atoms with Crippen molar-refractivity contribution in [3.8, 4) is 16.7 Å². The van der Waals surface area contributed by atoms with Gasteiger partial charge in [-0.3, -0.25) is 5.11 Å². The Kier molecular flexibility index (Phi) is 2.42. The first-order valence-electron chi connectivity index (χ1n) is 5.12. The molecule has 0 N–H and O–H groups in total. The van der Waals surface area contributed by atoms with Crippen LogP contribution in [-0.2, 0) is 5.11 Å². The Labute approximate surface area is 102 Å². The zero-order valence-corrected chi connectivity index (χ0v) is 9.61. The summed E-state index contributed by atoms with van der Waals surface area (Å²) in [7, 11) is 0. The summed E-state index contributed by atoms with van der Waals surface area (Å²) in [4.78, 5) is 4.35. The number of benzene rings is 2. The van der Waals surface area contributed by atoms with E-state index in [1.54, 1.807) is 12.1 Å². The van der Waals surface area contributed by atoms with Crippen LogP contribution in [0.2, 0.25) is 0 Å². The summed E-state index contributed by atoms with van der Waals surface area (Å²) in [5.41, 5.74) is 0.924. The zero-order valence-electron chi connectivity index (χ0n) is 8.79. The highest BCUT2D eigenvalue weighted by Gasteiger charge is 2.05. The molecule has 0 spiro atoms. The molecule has 3 aromatic rings. The normalized spacial score (nSPS) is 10.6. The van der Waals surface area contributed by atoms with Gasteiger partial charge in [-0.25, -0.2) is 4.98 Å². The Morgan fingerprint density at radius 1 is 1.00 bits per heavy atom. The summed E-state index contributed by atoms with van der Waals surface area (Å²) >= 11 is 1.48. The largest absolute Gasteiger partial charge is 0.431 e. The Bertz CT molecular complexity index is 613. The molecule has 1 radical (unpaired) electrons. The number of fused-ring (bicyclic) bond motifs is 1. The van der Waals surface area contributed by atoms with Crippen molar-refractivity contribution >= 4 is 21.6 Å². The highest BCUT2D eigenvalue weighted by Crippen LogP contribution is 2.31. The summed E-state index contributed by atoms with van der Waals surface area (Å²) in [6, 6.07) is 14.1. The fraction of sp³-hybridized carbons (Fsp3) is 0. The molecule has 1 heterocycles. The molecule has 0 saturated heterocycles. The predicted molar refractivity (Wildman–Crippen MR) is 66.3 cm³/mol. The van der Waals surface area contributed by atoms with Crippen LogP contribution in [0.3, 0.4) is 0 Å². The Morgan fingerprint density at radius 3 is 2.53 bits per heavy atom. The molecular weight excluding hydrogens is 234 g/mol. The molecule has 4 heteroatoms. The van der Waals surface area contributed by atoms with Crippen molar-refractivity contribution in [1.82, 2.24) is 4.98 Å². The first-order valence-corrected chi connectivity index (χ1v) is 5.93. The van der Waals surface area contributed by atoms with Gasteiger partial charge < -0.3 is 4.74 Å². The minimum absolute atomic E-state index is 0.0263. The van der Waals surface area contributed by atoms with Gasteiger partial charge in [-0.2, -0.15) is 0 Å². The molecule has 0 amide bonds. The van der Waals surface area contributed by atoms with Gasteiger partial charge in [0.2, 0.25) is 0 Å². The summed E-state index contributed by atoms with van der Waals surface area (Å²) in [5, 5.41) is 11.5. The van der Waals surface area contributed by atoms with Crippen molar-refractivity contribution < 1.29 is 9.84 Å². The summed E-state index contributed by atoms with van der Waals surface area (Å²) in [6.45, 7) is 0. The standard InChI is InChI=1S/C13H8NO2S/c15-9-5-7-10(8-6-9)16-13-14-11-3-1-2-4-12(11)17-13/h1-8H.